The van der Waals surface area contributed by atoms with E-state index < -0.39 is 0 Å². The van der Waals surface area contributed by atoms with Gasteiger partial charge < -0.3 is 10.4 Å². The van der Waals surface area contributed by atoms with Crippen LogP contribution in [0.15, 0.2) is 47.6 Å². The minimum atomic E-state index is -0.355. The average molecular weight is 260 g/mol. The van der Waals surface area contributed by atoms with Gasteiger partial charge in [-0.15, -0.1) is 11.8 Å². The maximum atomic E-state index is 11.9. The monoisotopic (exact) mass is 260 g/mol. The van der Waals surface area contributed by atoms with E-state index in [9.17, 15) is 9.90 Å². The Bertz CT molecular complexity index is 555. The molecule has 1 heterocycles. The van der Waals surface area contributed by atoms with Crippen molar-refractivity contribution in [2.45, 2.75) is 4.90 Å². The molecule has 1 amide bonds. The summed E-state index contributed by atoms with van der Waals surface area (Å²) >= 11 is 1.63. The highest BCUT2D eigenvalue weighted by Gasteiger charge is 2.10. The van der Waals surface area contributed by atoms with Crippen molar-refractivity contribution in [3.8, 4) is 5.75 Å². The van der Waals surface area contributed by atoms with Crippen LogP contribution in [-0.2, 0) is 0 Å². The molecule has 0 fully saturated rings. The quantitative estimate of drug-likeness (QED) is 0.833. The number of rotatable bonds is 3. The lowest BCUT2D eigenvalue weighted by Crippen LogP contribution is -2.12. The minimum Gasteiger partial charge on any atom is -0.505 e. The van der Waals surface area contributed by atoms with Crippen molar-refractivity contribution in [1.82, 2.24) is 4.98 Å². The van der Waals surface area contributed by atoms with Gasteiger partial charge in [0.2, 0.25) is 0 Å². The predicted octanol–water partition coefficient (Wildman–Crippen LogP) is 2.76. The van der Waals surface area contributed by atoms with Crippen molar-refractivity contribution in [2.24, 2.45) is 0 Å². The predicted molar refractivity (Wildman–Crippen MR) is 72.1 cm³/mol. The summed E-state index contributed by atoms with van der Waals surface area (Å²) in [5, 5.41) is 12.2. The molecule has 2 rings (SSSR count). The molecule has 0 spiro atoms. The van der Waals surface area contributed by atoms with E-state index >= 15 is 0 Å². The first-order valence-electron chi connectivity index (χ1n) is 5.29. The zero-order valence-corrected chi connectivity index (χ0v) is 10.6. The summed E-state index contributed by atoms with van der Waals surface area (Å²) in [6, 6.07) is 8.96. The van der Waals surface area contributed by atoms with Crippen molar-refractivity contribution < 1.29 is 9.90 Å². The second-order valence-electron chi connectivity index (χ2n) is 3.58. The number of hydrogen-bond acceptors (Lipinski definition) is 4. The largest absolute Gasteiger partial charge is 0.505 e. The SMILES string of the molecule is CSc1ccc(NC(=O)c2ccncc2O)cc1. The molecule has 1 aromatic carbocycles. The number of carbonyl (C=O) groups excluding carboxylic acids is 1. The molecule has 0 saturated heterocycles. The van der Waals surface area contributed by atoms with Crippen LogP contribution in [0.2, 0.25) is 0 Å². The summed E-state index contributed by atoms with van der Waals surface area (Å²) in [4.78, 5) is 16.7. The van der Waals surface area contributed by atoms with Gasteiger partial charge in [-0.1, -0.05) is 0 Å². The summed E-state index contributed by atoms with van der Waals surface area (Å²) in [6.45, 7) is 0. The van der Waals surface area contributed by atoms with Gasteiger partial charge in [-0.05, 0) is 36.6 Å². The smallest absolute Gasteiger partial charge is 0.259 e. The number of nitrogens with one attached hydrogen (secondary N) is 1. The molecule has 2 aromatic rings. The van der Waals surface area contributed by atoms with Crippen molar-refractivity contribution in [1.29, 1.82) is 0 Å². The Labute approximate surface area is 109 Å². The van der Waals surface area contributed by atoms with Crippen molar-refractivity contribution in [3.63, 3.8) is 0 Å². The fourth-order valence-electron chi connectivity index (χ4n) is 1.45. The molecule has 4 nitrogen and oxygen atoms in total. The summed E-state index contributed by atoms with van der Waals surface area (Å²) in [5.74, 6) is -0.484. The minimum absolute atomic E-state index is 0.129. The number of pyridine rings is 1. The van der Waals surface area contributed by atoms with Gasteiger partial charge in [0.25, 0.3) is 5.91 Å². The standard InChI is InChI=1S/C13H12N2O2S/c1-18-10-4-2-9(3-5-10)15-13(17)11-6-7-14-8-12(11)16/h2-8,16H,1H3,(H,15,17). The van der Waals surface area contributed by atoms with Gasteiger partial charge in [0.15, 0.2) is 0 Å². The molecule has 1 aromatic heterocycles. The fraction of sp³-hybridized carbons (Fsp3) is 0.0769. The lowest BCUT2D eigenvalue weighted by atomic mass is 10.2. The molecule has 18 heavy (non-hydrogen) atoms. The highest BCUT2D eigenvalue weighted by atomic mass is 32.2. The first kappa shape index (κ1) is 12.4. The Morgan fingerprint density at radius 3 is 2.61 bits per heavy atom. The van der Waals surface area contributed by atoms with Gasteiger partial charge >= 0.3 is 0 Å². The first-order valence-corrected chi connectivity index (χ1v) is 6.51. The number of thioether (sulfide) groups is 1. The molecule has 0 atom stereocenters. The normalized spacial score (nSPS) is 10.1. The molecule has 0 unspecified atom stereocenters. The van der Waals surface area contributed by atoms with E-state index in [1.165, 1.54) is 18.5 Å². The molecule has 2 N–H and O–H groups in total. The third-order valence-electron chi connectivity index (χ3n) is 2.39. The highest BCUT2D eigenvalue weighted by Crippen LogP contribution is 2.19. The summed E-state index contributed by atoms with van der Waals surface area (Å²) < 4.78 is 0. The van der Waals surface area contributed by atoms with Crippen molar-refractivity contribution >= 4 is 23.4 Å². The van der Waals surface area contributed by atoms with Crippen molar-refractivity contribution in [3.05, 3.63) is 48.3 Å². The van der Waals surface area contributed by atoms with Gasteiger partial charge in [-0.25, -0.2) is 0 Å². The molecule has 0 aliphatic rings. The Kier molecular flexibility index (Phi) is 3.84. The van der Waals surface area contributed by atoms with Crippen LogP contribution in [0.4, 0.5) is 5.69 Å². The van der Waals surface area contributed by atoms with Gasteiger partial charge in [0.1, 0.15) is 5.75 Å². The van der Waals surface area contributed by atoms with Crippen LogP contribution < -0.4 is 5.32 Å². The number of aromatic hydroxyl groups is 1. The van der Waals surface area contributed by atoms with E-state index in [0.29, 0.717) is 5.69 Å². The van der Waals surface area contributed by atoms with E-state index in [2.05, 4.69) is 10.3 Å². The number of anilines is 1. The number of hydrogen-bond donors (Lipinski definition) is 2. The van der Waals surface area contributed by atoms with Crippen LogP contribution in [0.1, 0.15) is 10.4 Å². The number of amides is 1. The van der Waals surface area contributed by atoms with Crippen LogP contribution in [0, 0.1) is 0 Å². The van der Waals surface area contributed by atoms with Gasteiger partial charge in [-0.3, -0.25) is 9.78 Å². The Morgan fingerprint density at radius 2 is 2.00 bits per heavy atom. The van der Waals surface area contributed by atoms with Crippen molar-refractivity contribution in [2.75, 3.05) is 11.6 Å². The Morgan fingerprint density at radius 1 is 1.28 bits per heavy atom. The molecule has 0 aliphatic heterocycles. The molecular weight excluding hydrogens is 248 g/mol. The topological polar surface area (TPSA) is 62.2 Å². The van der Waals surface area contributed by atoms with E-state index in [1.807, 2.05) is 30.5 Å². The third kappa shape index (κ3) is 2.81. The zero-order valence-electron chi connectivity index (χ0n) is 9.75. The molecule has 92 valence electrons. The second kappa shape index (κ2) is 5.55. The van der Waals surface area contributed by atoms with E-state index in [1.54, 1.807) is 11.8 Å². The van der Waals surface area contributed by atoms with E-state index in [-0.39, 0.29) is 17.2 Å². The zero-order chi connectivity index (χ0) is 13.0. The van der Waals surface area contributed by atoms with Gasteiger partial charge in [0.05, 0.1) is 11.8 Å². The fourth-order valence-corrected chi connectivity index (χ4v) is 1.86. The van der Waals surface area contributed by atoms with Gasteiger partial charge in [-0.2, -0.15) is 0 Å². The third-order valence-corrected chi connectivity index (χ3v) is 3.14. The average Bonchev–Trinajstić information content (AvgIpc) is 2.40. The molecule has 5 heteroatoms. The summed E-state index contributed by atoms with van der Waals surface area (Å²) in [5.41, 5.74) is 0.896. The molecule has 0 saturated carbocycles. The lowest BCUT2D eigenvalue weighted by molar-refractivity contribution is 0.102. The first-order chi connectivity index (χ1) is 8.70. The Hall–Kier alpha value is -2.01. The van der Waals surface area contributed by atoms with E-state index in [4.69, 9.17) is 0 Å². The van der Waals surface area contributed by atoms with Crippen LogP contribution in [0.25, 0.3) is 0 Å². The maximum absolute atomic E-state index is 11.9. The molecule has 0 bridgehead atoms. The molecule has 0 radical (unpaired) electrons. The van der Waals surface area contributed by atoms with Crippen LogP contribution in [-0.4, -0.2) is 22.3 Å². The Balaban J connectivity index is 2.14. The number of aromatic nitrogens is 1. The van der Waals surface area contributed by atoms with Crippen LogP contribution in [0.3, 0.4) is 0 Å². The molecule has 0 aliphatic carbocycles. The highest BCUT2D eigenvalue weighted by molar-refractivity contribution is 7.98. The van der Waals surface area contributed by atoms with Crippen LogP contribution in [0.5, 0.6) is 5.75 Å². The van der Waals surface area contributed by atoms with E-state index in [0.717, 1.165) is 4.90 Å². The number of nitrogens with zero attached hydrogens (tertiary/aromatic N) is 1. The summed E-state index contributed by atoms with van der Waals surface area (Å²) in [7, 11) is 0. The van der Waals surface area contributed by atoms with Crippen LogP contribution >= 0.6 is 11.8 Å². The maximum Gasteiger partial charge on any atom is 0.259 e. The lowest BCUT2D eigenvalue weighted by Gasteiger charge is -2.06. The number of benzene rings is 1. The molecular formula is C13H12N2O2S. The van der Waals surface area contributed by atoms with Gasteiger partial charge in [0, 0.05) is 16.8 Å². The number of carbonyl (C=O) groups is 1. The summed E-state index contributed by atoms with van der Waals surface area (Å²) in [6.07, 6.45) is 4.69. The second-order valence-corrected chi connectivity index (χ2v) is 4.46.